The van der Waals surface area contributed by atoms with E-state index in [0.29, 0.717) is 11.8 Å². The number of benzene rings is 9. The fourth-order valence-corrected chi connectivity index (χ4v) is 8.92. The lowest BCUT2D eigenvalue weighted by molar-refractivity contribution is 0.626. The van der Waals surface area contributed by atoms with Crippen LogP contribution in [0.4, 0.5) is 17.1 Å². The molecule has 9 aromatic carbocycles. The third-order valence-electron chi connectivity index (χ3n) is 11.9. The largest absolute Gasteiger partial charge is 0.311 e. The highest BCUT2D eigenvalue weighted by molar-refractivity contribution is 5.91. The Labute approximate surface area is 336 Å². The summed E-state index contributed by atoms with van der Waals surface area (Å²) in [6.45, 7) is 2.39. The topological polar surface area (TPSA) is 3.24 Å². The molecule has 1 unspecified atom stereocenters. The molecule has 0 amide bonds. The number of hydrogen-bond acceptors (Lipinski definition) is 1. The van der Waals surface area contributed by atoms with E-state index in [9.17, 15) is 0 Å². The zero-order valence-electron chi connectivity index (χ0n) is 32.1. The summed E-state index contributed by atoms with van der Waals surface area (Å²) >= 11 is 0. The lowest BCUT2D eigenvalue weighted by atomic mass is 9.84. The van der Waals surface area contributed by atoms with Crippen molar-refractivity contribution in [3.05, 3.63) is 235 Å². The van der Waals surface area contributed by atoms with Gasteiger partial charge >= 0.3 is 0 Å². The number of fused-ring (bicyclic) bond motifs is 4. The van der Waals surface area contributed by atoms with Gasteiger partial charge < -0.3 is 4.90 Å². The number of para-hydroxylation sites is 1. The van der Waals surface area contributed by atoms with Crippen molar-refractivity contribution in [3.8, 4) is 44.5 Å². The van der Waals surface area contributed by atoms with E-state index >= 15 is 0 Å². The summed E-state index contributed by atoms with van der Waals surface area (Å²) < 4.78 is 0. The fraction of sp³-hybridized carbons (Fsp3) is 0.0714. The van der Waals surface area contributed by atoms with Gasteiger partial charge in [-0.2, -0.15) is 0 Å². The van der Waals surface area contributed by atoms with Gasteiger partial charge in [0.05, 0.1) is 0 Å². The molecule has 10 rings (SSSR count). The first-order valence-electron chi connectivity index (χ1n) is 20.1. The van der Waals surface area contributed by atoms with Crippen LogP contribution in [0, 0.1) is 0 Å². The van der Waals surface area contributed by atoms with Crippen LogP contribution in [0.15, 0.2) is 218 Å². The average molecular weight is 730 g/mol. The maximum atomic E-state index is 2.43. The van der Waals surface area contributed by atoms with Gasteiger partial charge in [-0.25, -0.2) is 0 Å². The molecule has 1 heteroatoms. The van der Waals surface area contributed by atoms with E-state index in [4.69, 9.17) is 0 Å². The minimum atomic E-state index is 0.367. The van der Waals surface area contributed by atoms with Gasteiger partial charge in [-0.15, -0.1) is 0 Å². The van der Waals surface area contributed by atoms with E-state index in [0.717, 1.165) is 23.5 Å². The molecule has 0 fully saturated rings. The molecule has 1 aliphatic carbocycles. The van der Waals surface area contributed by atoms with Crippen molar-refractivity contribution in [2.24, 2.45) is 0 Å². The van der Waals surface area contributed by atoms with Crippen LogP contribution in [0.3, 0.4) is 0 Å². The van der Waals surface area contributed by atoms with Gasteiger partial charge in [-0.1, -0.05) is 171 Å². The van der Waals surface area contributed by atoms with E-state index in [1.807, 2.05) is 0 Å². The normalized spacial score (nSPS) is 14.7. The molecule has 2 atom stereocenters. The van der Waals surface area contributed by atoms with Crippen LogP contribution < -0.4 is 4.90 Å². The maximum absolute atomic E-state index is 2.43. The fourth-order valence-electron chi connectivity index (χ4n) is 8.92. The summed E-state index contributed by atoms with van der Waals surface area (Å²) in [7, 11) is 0. The van der Waals surface area contributed by atoms with Crippen molar-refractivity contribution >= 4 is 27.8 Å². The third-order valence-corrected chi connectivity index (χ3v) is 11.9. The molecule has 0 N–H and O–H groups in total. The summed E-state index contributed by atoms with van der Waals surface area (Å²) in [6.07, 6.45) is 1.09. The zero-order valence-corrected chi connectivity index (χ0v) is 32.1. The second kappa shape index (κ2) is 14.9. The number of hydrogen-bond donors (Lipinski definition) is 0. The molecule has 57 heavy (non-hydrogen) atoms. The Hall–Kier alpha value is -6.96. The zero-order chi connectivity index (χ0) is 38.1. The van der Waals surface area contributed by atoms with Gasteiger partial charge in [0, 0.05) is 23.0 Å². The Kier molecular flexibility index (Phi) is 9.05. The highest BCUT2D eigenvalue weighted by Gasteiger charge is 2.27. The van der Waals surface area contributed by atoms with Crippen molar-refractivity contribution in [3.63, 3.8) is 0 Å². The molecule has 0 spiro atoms. The van der Waals surface area contributed by atoms with E-state index in [-0.39, 0.29) is 0 Å². The molecule has 0 heterocycles. The highest BCUT2D eigenvalue weighted by Crippen LogP contribution is 2.47. The van der Waals surface area contributed by atoms with Gasteiger partial charge in [0.15, 0.2) is 0 Å². The Morgan fingerprint density at radius 3 is 1.46 bits per heavy atom. The van der Waals surface area contributed by atoms with Gasteiger partial charge in [0.25, 0.3) is 0 Å². The summed E-state index contributed by atoms with van der Waals surface area (Å²) in [5, 5.41) is 2.49. The van der Waals surface area contributed by atoms with Gasteiger partial charge in [-0.05, 0) is 139 Å². The standard InChI is InChI=1S/C56H43N/c1-39-35-55(44-15-7-3-8-16-44)53-19-11-12-20-54(53)56-38-47(29-34-52(39)56)42-27-32-51(33-28-42)57(49-17-9-4-10-18-49)50-30-25-41(26-31-50)46-24-22-43-21-23-45(36-48(43)37-46)40-13-5-2-6-14-40/h2-34,36-39,55H,35H2,1H3/t39-,55?/m0/s1. The van der Waals surface area contributed by atoms with Gasteiger partial charge in [-0.3, -0.25) is 0 Å². The Balaban J connectivity index is 0.967. The number of anilines is 3. The molecule has 0 aliphatic heterocycles. The van der Waals surface area contributed by atoms with Crippen molar-refractivity contribution in [2.75, 3.05) is 4.90 Å². The Morgan fingerprint density at radius 1 is 0.351 bits per heavy atom. The quantitative estimate of drug-likeness (QED) is 0.158. The maximum Gasteiger partial charge on any atom is 0.0462 e. The van der Waals surface area contributed by atoms with E-state index in [1.165, 1.54) is 72.0 Å². The summed E-state index contributed by atoms with van der Waals surface area (Å²) in [4.78, 5) is 2.35. The first-order chi connectivity index (χ1) is 28.2. The second-order valence-corrected chi connectivity index (χ2v) is 15.4. The molecule has 0 radical (unpaired) electrons. The Morgan fingerprint density at radius 2 is 0.825 bits per heavy atom. The molecular formula is C56H43N. The van der Waals surface area contributed by atoms with Crippen LogP contribution in [0.5, 0.6) is 0 Å². The van der Waals surface area contributed by atoms with Crippen LogP contribution in [-0.2, 0) is 0 Å². The smallest absolute Gasteiger partial charge is 0.0462 e. The SMILES string of the molecule is C[C@H]1CC(c2ccccc2)c2ccccc2-c2cc(-c3ccc(N(c4ccccc4)c4ccc(-c5ccc6ccc(-c7ccccc7)cc6c5)cc4)cc3)ccc21. The summed E-state index contributed by atoms with van der Waals surface area (Å²) in [5.74, 6) is 0.805. The highest BCUT2D eigenvalue weighted by atomic mass is 15.1. The van der Waals surface area contributed by atoms with Gasteiger partial charge in [0.1, 0.15) is 0 Å². The minimum Gasteiger partial charge on any atom is -0.311 e. The van der Waals surface area contributed by atoms with Crippen LogP contribution in [0.25, 0.3) is 55.3 Å². The molecule has 0 bridgehead atoms. The second-order valence-electron chi connectivity index (χ2n) is 15.4. The molecule has 0 saturated heterocycles. The molecular weight excluding hydrogens is 687 g/mol. The van der Waals surface area contributed by atoms with Gasteiger partial charge in [0.2, 0.25) is 0 Å². The predicted octanol–water partition coefficient (Wildman–Crippen LogP) is 15.6. The number of nitrogens with zero attached hydrogens (tertiary/aromatic N) is 1. The van der Waals surface area contributed by atoms with Crippen LogP contribution in [-0.4, -0.2) is 0 Å². The number of rotatable bonds is 7. The molecule has 9 aromatic rings. The molecule has 1 aliphatic rings. The predicted molar refractivity (Wildman–Crippen MR) is 242 cm³/mol. The monoisotopic (exact) mass is 729 g/mol. The third kappa shape index (κ3) is 6.72. The molecule has 0 saturated carbocycles. The van der Waals surface area contributed by atoms with Crippen molar-refractivity contribution < 1.29 is 0 Å². The average Bonchev–Trinajstić information content (AvgIpc) is 3.41. The Bertz CT molecular complexity index is 2810. The minimum absolute atomic E-state index is 0.367. The van der Waals surface area contributed by atoms with E-state index in [1.54, 1.807) is 0 Å². The van der Waals surface area contributed by atoms with Crippen molar-refractivity contribution in [1.82, 2.24) is 0 Å². The van der Waals surface area contributed by atoms with Crippen LogP contribution in [0.2, 0.25) is 0 Å². The van der Waals surface area contributed by atoms with E-state index in [2.05, 4.69) is 230 Å². The van der Waals surface area contributed by atoms with E-state index < -0.39 is 0 Å². The first kappa shape index (κ1) is 34.5. The molecule has 1 nitrogen and oxygen atoms in total. The van der Waals surface area contributed by atoms with Crippen LogP contribution in [0.1, 0.15) is 41.9 Å². The summed E-state index contributed by atoms with van der Waals surface area (Å²) in [6, 6.07) is 80.1. The molecule has 0 aromatic heterocycles. The van der Waals surface area contributed by atoms with Crippen LogP contribution >= 0.6 is 0 Å². The lowest BCUT2D eigenvalue weighted by Gasteiger charge is -2.26. The first-order valence-corrected chi connectivity index (χ1v) is 20.1. The lowest BCUT2D eigenvalue weighted by Crippen LogP contribution is -2.09. The van der Waals surface area contributed by atoms with Crippen molar-refractivity contribution in [2.45, 2.75) is 25.2 Å². The van der Waals surface area contributed by atoms with Crippen molar-refractivity contribution in [1.29, 1.82) is 0 Å². The molecule has 272 valence electrons. The summed E-state index contributed by atoms with van der Waals surface area (Å²) in [5.41, 5.74) is 17.6.